The maximum Gasteiger partial charge on any atom is 0.213 e. The molecule has 0 aromatic heterocycles. The highest BCUT2D eigenvalue weighted by molar-refractivity contribution is 7.89. The number of hydrogen-bond donors (Lipinski definition) is 0. The number of nitrogens with zero attached hydrogens (tertiary/aromatic N) is 1. The molecule has 15 heavy (non-hydrogen) atoms. The molecule has 0 radical (unpaired) electrons. The van der Waals surface area contributed by atoms with Crippen molar-refractivity contribution in [2.75, 3.05) is 32.6 Å². The smallest absolute Gasteiger partial charge is 0.213 e. The molecule has 0 aromatic rings. The van der Waals surface area contributed by atoms with Crippen molar-refractivity contribution >= 4 is 10.0 Å². The summed E-state index contributed by atoms with van der Waals surface area (Å²) >= 11 is 0. The van der Waals surface area contributed by atoms with Crippen LogP contribution in [0.4, 0.5) is 0 Å². The fourth-order valence-corrected chi connectivity index (χ4v) is 2.58. The van der Waals surface area contributed by atoms with E-state index in [0.717, 1.165) is 32.5 Å². The van der Waals surface area contributed by atoms with E-state index in [4.69, 9.17) is 4.74 Å². The first-order valence-electron chi connectivity index (χ1n) is 5.58. The summed E-state index contributed by atoms with van der Waals surface area (Å²) in [6.07, 6.45) is 3.10. The number of ether oxygens (including phenoxy) is 1. The van der Waals surface area contributed by atoms with Crippen molar-refractivity contribution in [3.8, 4) is 0 Å². The van der Waals surface area contributed by atoms with E-state index < -0.39 is 10.0 Å². The monoisotopic (exact) mass is 235 g/mol. The molecule has 0 bridgehead atoms. The van der Waals surface area contributed by atoms with Gasteiger partial charge in [0.25, 0.3) is 0 Å². The molecule has 1 saturated heterocycles. The van der Waals surface area contributed by atoms with E-state index in [1.54, 1.807) is 14.0 Å². The summed E-state index contributed by atoms with van der Waals surface area (Å²) in [5.74, 6) is 0.824. The van der Waals surface area contributed by atoms with Crippen LogP contribution in [-0.4, -0.2) is 45.3 Å². The summed E-state index contributed by atoms with van der Waals surface area (Å²) in [4.78, 5) is 0. The van der Waals surface area contributed by atoms with Crippen molar-refractivity contribution in [3.63, 3.8) is 0 Å². The highest BCUT2D eigenvalue weighted by atomic mass is 32.2. The third kappa shape index (κ3) is 4.09. The molecule has 1 fully saturated rings. The highest BCUT2D eigenvalue weighted by Gasteiger charge is 2.18. The molecule has 5 heteroatoms. The standard InChI is InChI=1S/C10H21NO3S/c1-3-15(12,13)11(2)7-4-10-5-8-14-9-6-10/h10H,3-9H2,1-2H3. The van der Waals surface area contributed by atoms with Crippen LogP contribution in [0.3, 0.4) is 0 Å². The van der Waals surface area contributed by atoms with Gasteiger partial charge in [0.05, 0.1) is 5.75 Å². The largest absolute Gasteiger partial charge is 0.381 e. The van der Waals surface area contributed by atoms with E-state index in [2.05, 4.69) is 0 Å². The predicted octanol–water partition coefficient (Wildman–Crippen LogP) is 1.08. The van der Waals surface area contributed by atoms with Crippen molar-refractivity contribution in [1.29, 1.82) is 0 Å². The van der Waals surface area contributed by atoms with Crippen LogP contribution < -0.4 is 0 Å². The lowest BCUT2D eigenvalue weighted by Gasteiger charge is -2.24. The molecule has 1 aliphatic rings. The Kier molecular flexibility index (Phi) is 5.02. The molecule has 1 heterocycles. The lowest BCUT2D eigenvalue weighted by molar-refractivity contribution is 0.0628. The first kappa shape index (κ1) is 12.9. The fraction of sp³-hybridized carbons (Fsp3) is 1.00. The average Bonchev–Trinajstić information content (AvgIpc) is 2.27. The summed E-state index contributed by atoms with van der Waals surface area (Å²) in [7, 11) is -1.33. The van der Waals surface area contributed by atoms with E-state index >= 15 is 0 Å². The second-order valence-corrected chi connectivity index (χ2v) is 6.43. The molecule has 1 aliphatic heterocycles. The second kappa shape index (κ2) is 5.82. The van der Waals surface area contributed by atoms with Gasteiger partial charge in [-0.2, -0.15) is 0 Å². The van der Waals surface area contributed by atoms with Crippen molar-refractivity contribution in [3.05, 3.63) is 0 Å². The summed E-state index contributed by atoms with van der Waals surface area (Å²) in [6.45, 7) is 3.98. The average molecular weight is 235 g/mol. The minimum atomic E-state index is -3.00. The number of hydrogen-bond acceptors (Lipinski definition) is 3. The Morgan fingerprint density at radius 1 is 1.33 bits per heavy atom. The Labute approximate surface area is 92.7 Å². The first-order chi connectivity index (χ1) is 7.06. The maximum atomic E-state index is 11.5. The Morgan fingerprint density at radius 2 is 1.93 bits per heavy atom. The van der Waals surface area contributed by atoms with Crippen molar-refractivity contribution in [2.24, 2.45) is 5.92 Å². The quantitative estimate of drug-likeness (QED) is 0.716. The van der Waals surface area contributed by atoms with Crippen LogP contribution in [-0.2, 0) is 14.8 Å². The van der Waals surface area contributed by atoms with Gasteiger partial charge in [-0.25, -0.2) is 12.7 Å². The van der Waals surface area contributed by atoms with Crippen LogP contribution in [0.5, 0.6) is 0 Å². The zero-order valence-electron chi connectivity index (χ0n) is 9.61. The minimum absolute atomic E-state index is 0.192. The summed E-state index contributed by atoms with van der Waals surface area (Å²) in [5.41, 5.74) is 0. The maximum absolute atomic E-state index is 11.5. The van der Waals surface area contributed by atoms with Crippen LogP contribution in [0.25, 0.3) is 0 Å². The molecular formula is C10H21NO3S. The van der Waals surface area contributed by atoms with Gasteiger partial charge in [-0.1, -0.05) is 0 Å². The minimum Gasteiger partial charge on any atom is -0.381 e. The normalized spacial score (nSPS) is 19.7. The number of rotatable bonds is 5. The topological polar surface area (TPSA) is 46.6 Å². The van der Waals surface area contributed by atoms with E-state index in [1.807, 2.05) is 0 Å². The molecule has 0 unspecified atom stereocenters. The van der Waals surface area contributed by atoms with Crippen LogP contribution in [0, 0.1) is 5.92 Å². The van der Waals surface area contributed by atoms with E-state index in [0.29, 0.717) is 12.5 Å². The van der Waals surface area contributed by atoms with Crippen LogP contribution >= 0.6 is 0 Å². The Bertz CT molecular complexity index is 270. The van der Waals surface area contributed by atoms with E-state index in [1.165, 1.54) is 4.31 Å². The lowest BCUT2D eigenvalue weighted by atomic mass is 9.97. The lowest BCUT2D eigenvalue weighted by Crippen LogP contribution is -2.31. The zero-order chi connectivity index (χ0) is 11.3. The van der Waals surface area contributed by atoms with Gasteiger partial charge in [-0.3, -0.25) is 0 Å². The summed E-state index contributed by atoms with van der Waals surface area (Å²) in [5, 5.41) is 0. The van der Waals surface area contributed by atoms with E-state index in [-0.39, 0.29) is 5.75 Å². The van der Waals surface area contributed by atoms with Gasteiger partial charge in [-0.15, -0.1) is 0 Å². The molecule has 4 nitrogen and oxygen atoms in total. The zero-order valence-corrected chi connectivity index (χ0v) is 10.4. The third-order valence-corrected chi connectivity index (χ3v) is 4.89. The van der Waals surface area contributed by atoms with Gasteiger partial charge in [0.2, 0.25) is 10.0 Å². The molecule has 0 spiro atoms. The molecule has 0 aromatic carbocycles. The van der Waals surface area contributed by atoms with Gasteiger partial charge in [0.1, 0.15) is 0 Å². The van der Waals surface area contributed by atoms with Crippen molar-refractivity contribution in [1.82, 2.24) is 4.31 Å². The predicted molar refractivity (Wildman–Crippen MR) is 60.3 cm³/mol. The Hall–Kier alpha value is -0.130. The van der Waals surface area contributed by atoms with Gasteiger partial charge < -0.3 is 4.74 Å². The molecule has 1 rings (SSSR count). The van der Waals surface area contributed by atoms with Gasteiger partial charge in [-0.05, 0) is 32.1 Å². The van der Waals surface area contributed by atoms with Crippen molar-refractivity contribution in [2.45, 2.75) is 26.2 Å². The van der Waals surface area contributed by atoms with Gasteiger partial charge in [0, 0.05) is 26.8 Å². The Balaban J connectivity index is 2.30. The molecule has 0 amide bonds. The van der Waals surface area contributed by atoms with Crippen molar-refractivity contribution < 1.29 is 13.2 Å². The molecule has 0 N–H and O–H groups in total. The summed E-state index contributed by atoms with van der Waals surface area (Å²) < 4.78 is 29.7. The molecule has 0 aliphatic carbocycles. The van der Waals surface area contributed by atoms with E-state index in [9.17, 15) is 8.42 Å². The highest BCUT2D eigenvalue weighted by Crippen LogP contribution is 2.18. The molecule has 90 valence electrons. The van der Waals surface area contributed by atoms with Crippen LogP contribution in [0.1, 0.15) is 26.2 Å². The van der Waals surface area contributed by atoms with Crippen LogP contribution in [0.2, 0.25) is 0 Å². The molecular weight excluding hydrogens is 214 g/mol. The van der Waals surface area contributed by atoms with Gasteiger partial charge in [0.15, 0.2) is 0 Å². The first-order valence-corrected chi connectivity index (χ1v) is 7.19. The second-order valence-electron chi connectivity index (χ2n) is 4.07. The van der Waals surface area contributed by atoms with Crippen LogP contribution in [0.15, 0.2) is 0 Å². The SMILES string of the molecule is CCS(=O)(=O)N(C)CCC1CCOCC1. The molecule has 0 saturated carbocycles. The summed E-state index contributed by atoms with van der Waals surface area (Å²) in [6, 6.07) is 0. The fourth-order valence-electron chi connectivity index (χ4n) is 1.76. The third-order valence-electron chi connectivity index (χ3n) is 3.03. The Morgan fingerprint density at radius 3 is 2.47 bits per heavy atom. The van der Waals surface area contributed by atoms with Gasteiger partial charge >= 0.3 is 0 Å². The number of sulfonamides is 1. The molecule has 0 atom stereocenters.